The lowest BCUT2D eigenvalue weighted by molar-refractivity contribution is -0.159. The number of benzene rings is 4. The summed E-state index contributed by atoms with van der Waals surface area (Å²) in [4.78, 5) is 42.0. The number of rotatable bonds is 16. The van der Waals surface area contributed by atoms with E-state index >= 15 is 0 Å². The molecule has 6 heterocycles. The van der Waals surface area contributed by atoms with Crippen LogP contribution in [-0.4, -0.2) is 127 Å². The van der Waals surface area contributed by atoms with Gasteiger partial charge in [0.15, 0.2) is 0 Å². The Morgan fingerprint density at radius 3 is 1.40 bits per heavy atom. The molecule has 2 saturated heterocycles. The molecule has 18 heteroatoms. The van der Waals surface area contributed by atoms with E-state index in [4.69, 9.17) is 39.2 Å². The highest BCUT2D eigenvalue weighted by molar-refractivity contribution is 7.07. The first-order chi connectivity index (χ1) is 33.2. The van der Waals surface area contributed by atoms with Gasteiger partial charge in [0.2, 0.25) is 11.9 Å². The molecule has 8 aromatic rings. The maximum Gasteiger partial charge on any atom is 0.414 e. The summed E-state index contributed by atoms with van der Waals surface area (Å²) in [7, 11) is 3.41. The number of nitrogens with zero attached hydrogens (tertiary/aromatic N) is 8. The van der Waals surface area contributed by atoms with Gasteiger partial charge in [-0.25, -0.2) is 29.5 Å². The molecular weight excluding hydrogens is 901 g/mol. The van der Waals surface area contributed by atoms with E-state index in [0.717, 1.165) is 135 Å². The molecule has 16 nitrogen and oxygen atoms in total. The normalized spacial score (nSPS) is 15.9. The molecule has 2 aliphatic heterocycles. The van der Waals surface area contributed by atoms with Gasteiger partial charge in [0.1, 0.15) is 11.5 Å². The van der Waals surface area contributed by atoms with Crippen molar-refractivity contribution in [2.75, 3.05) is 64.1 Å². The highest BCUT2D eigenvalue weighted by Gasteiger charge is 2.26. The van der Waals surface area contributed by atoms with E-state index in [1.807, 2.05) is 47.4 Å². The standard InChI is InChI=1S/2C24H27N5OS.C2H2O4/c2*1-30-21-8-6-18(7-9-21)10-12-28-13-11-19(14-28)26-24-27-22-4-2-3-5-23(22)29(24)15-20-16-31-17-25-20;3-1(4)2(5)6/h2*2-9,16-17,19H,10-15H2,1H3,(H,26,27);(H,3,4)(H,5,6). The van der Waals surface area contributed by atoms with E-state index < -0.39 is 11.9 Å². The molecule has 4 N–H and O–H groups in total. The second-order valence-electron chi connectivity index (χ2n) is 16.6. The number of methoxy groups -OCH3 is 2. The van der Waals surface area contributed by atoms with Crippen LogP contribution in [0.1, 0.15) is 35.4 Å². The van der Waals surface area contributed by atoms with E-state index in [1.54, 1.807) is 36.9 Å². The number of carboxylic acid groups (broad SMARTS) is 2. The lowest BCUT2D eigenvalue weighted by Gasteiger charge is -2.18. The average molecular weight is 957 g/mol. The van der Waals surface area contributed by atoms with Gasteiger partial charge in [-0.05, 0) is 85.3 Å². The molecule has 0 saturated carbocycles. The maximum absolute atomic E-state index is 9.10. The Morgan fingerprint density at radius 1 is 0.618 bits per heavy atom. The SMILES string of the molecule is COc1ccc(CCN2CCC(Nc3nc4ccccc4n3Cc3cscn3)C2)cc1.COc1ccc(CCN2CCC(Nc3nc4ccccc4n3Cc3cscn3)C2)cc1.O=C(O)C(=O)O. The van der Waals surface area contributed by atoms with Gasteiger partial charge in [-0.3, -0.25) is 0 Å². The summed E-state index contributed by atoms with van der Waals surface area (Å²) in [6, 6.07) is 34.2. The van der Waals surface area contributed by atoms with Crippen molar-refractivity contribution < 1.29 is 29.3 Å². The highest BCUT2D eigenvalue weighted by atomic mass is 32.1. The Kier molecular flexibility index (Phi) is 16.3. The van der Waals surface area contributed by atoms with Crippen LogP contribution in [0.15, 0.2) is 119 Å². The lowest BCUT2D eigenvalue weighted by Crippen LogP contribution is -2.28. The van der Waals surface area contributed by atoms with Gasteiger partial charge in [-0.2, -0.15) is 0 Å². The van der Waals surface area contributed by atoms with E-state index in [2.05, 4.69) is 111 Å². The molecule has 68 heavy (non-hydrogen) atoms. The largest absolute Gasteiger partial charge is 0.497 e. The molecule has 0 spiro atoms. The fraction of sp³-hybridized carbons (Fsp3) is 0.320. The third-order valence-electron chi connectivity index (χ3n) is 12.1. The zero-order valence-electron chi connectivity index (χ0n) is 38.1. The number of carboxylic acids is 2. The van der Waals surface area contributed by atoms with E-state index in [-0.39, 0.29) is 0 Å². The van der Waals surface area contributed by atoms with Gasteiger partial charge in [-0.15, -0.1) is 22.7 Å². The molecule has 4 aromatic heterocycles. The minimum absolute atomic E-state index is 0.405. The van der Waals surface area contributed by atoms with E-state index in [1.165, 1.54) is 11.1 Å². The maximum atomic E-state index is 9.10. The van der Waals surface area contributed by atoms with E-state index in [0.29, 0.717) is 12.1 Å². The van der Waals surface area contributed by atoms with Gasteiger partial charge >= 0.3 is 11.9 Å². The number of aliphatic carboxylic acids is 2. The number of aromatic nitrogens is 6. The van der Waals surface area contributed by atoms with Crippen LogP contribution in [0.3, 0.4) is 0 Å². The van der Waals surface area contributed by atoms with Crippen LogP contribution in [0.5, 0.6) is 11.5 Å². The first kappa shape index (κ1) is 47.6. The van der Waals surface area contributed by atoms with Crippen LogP contribution in [-0.2, 0) is 35.5 Å². The molecule has 0 amide bonds. The Labute approximate surface area is 402 Å². The third-order valence-corrected chi connectivity index (χ3v) is 13.3. The van der Waals surface area contributed by atoms with Crippen molar-refractivity contribution >= 4 is 68.6 Å². The number of ether oxygens (including phenoxy) is 2. The van der Waals surface area contributed by atoms with Crippen molar-refractivity contribution in [3.63, 3.8) is 0 Å². The summed E-state index contributed by atoms with van der Waals surface area (Å²) < 4.78 is 15.0. The predicted molar refractivity (Wildman–Crippen MR) is 268 cm³/mol. The van der Waals surface area contributed by atoms with Crippen LogP contribution < -0.4 is 20.1 Å². The molecule has 354 valence electrons. The molecule has 2 unspecified atom stereocenters. The number of anilines is 2. The van der Waals surface area contributed by atoms with Crippen molar-refractivity contribution in [2.24, 2.45) is 0 Å². The van der Waals surface area contributed by atoms with Gasteiger partial charge in [-0.1, -0.05) is 48.5 Å². The van der Waals surface area contributed by atoms with Crippen molar-refractivity contribution in [3.05, 3.63) is 141 Å². The summed E-state index contributed by atoms with van der Waals surface area (Å²) >= 11 is 3.27. The Balaban J connectivity index is 0.000000164. The summed E-state index contributed by atoms with van der Waals surface area (Å²) in [5, 5.41) is 26.4. The molecule has 2 fully saturated rings. The Bertz CT molecular complexity index is 2640. The minimum Gasteiger partial charge on any atom is -0.497 e. The summed E-state index contributed by atoms with van der Waals surface area (Å²) in [6.07, 6.45) is 4.36. The first-order valence-corrected chi connectivity index (χ1v) is 24.4. The number of fused-ring (bicyclic) bond motifs is 2. The fourth-order valence-electron chi connectivity index (χ4n) is 8.48. The van der Waals surface area contributed by atoms with Gasteiger partial charge in [0.25, 0.3) is 0 Å². The van der Waals surface area contributed by atoms with Crippen molar-refractivity contribution in [1.29, 1.82) is 0 Å². The molecular formula is C50H56N10O6S2. The molecule has 0 radical (unpaired) electrons. The molecule has 0 aliphatic carbocycles. The van der Waals surface area contributed by atoms with Crippen LogP contribution in [0.25, 0.3) is 22.1 Å². The fourth-order valence-corrected chi connectivity index (χ4v) is 9.58. The number of para-hydroxylation sites is 4. The molecule has 10 rings (SSSR count). The molecule has 2 atom stereocenters. The molecule has 0 bridgehead atoms. The summed E-state index contributed by atoms with van der Waals surface area (Å²) in [6.45, 7) is 7.91. The summed E-state index contributed by atoms with van der Waals surface area (Å²) in [5.74, 6) is 0.0573. The molecule has 4 aromatic carbocycles. The Morgan fingerprint density at radius 2 is 1.03 bits per heavy atom. The van der Waals surface area contributed by atoms with Gasteiger partial charge in [0, 0.05) is 62.1 Å². The monoisotopic (exact) mass is 956 g/mol. The van der Waals surface area contributed by atoms with Crippen LogP contribution in [0, 0.1) is 0 Å². The number of imidazole rings is 2. The predicted octanol–water partition coefficient (Wildman–Crippen LogP) is 7.71. The average Bonchev–Trinajstić information content (AvgIpc) is 4.25. The number of likely N-dealkylation sites (tertiary alicyclic amines) is 2. The van der Waals surface area contributed by atoms with Crippen LogP contribution in [0.2, 0.25) is 0 Å². The minimum atomic E-state index is -1.82. The highest BCUT2D eigenvalue weighted by Crippen LogP contribution is 2.26. The summed E-state index contributed by atoms with van der Waals surface area (Å²) in [5.41, 5.74) is 13.0. The zero-order valence-corrected chi connectivity index (χ0v) is 39.7. The van der Waals surface area contributed by atoms with Gasteiger partial charge < -0.3 is 49.3 Å². The number of nitrogens with one attached hydrogen (secondary N) is 2. The first-order valence-electron chi connectivity index (χ1n) is 22.6. The topological polar surface area (TPSA) is 185 Å². The second kappa shape index (κ2) is 23.2. The zero-order chi connectivity index (χ0) is 47.2. The van der Waals surface area contributed by atoms with Crippen molar-refractivity contribution in [3.8, 4) is 11.5 Å². The lowest BCUT2D eigenvalue weighted by atomic mass is 10.1. The van der Waals surface area contributed by atoms with Crippen molar-refractivity contribution in [1.82, 2.24) is 38.9 Å². The van der Waals surface area contributed by atoms with Crippen LogP contribution in [0.4, 0.5) is 11.9 Å². The van der Waals surface area contributed by atoms with Crippen LogP contribution >= 0.6 is 22.7 Å². The number of hydrogen-bond donors (Lipinski definition) is 4. The molecule has 2 aliphatic rings. The smallest absolute Gasteiger partial charge is 0.414 e. The Hall–Kier alpha value is -6.86. The second-order valence-corrected chi connectivity index (χ2v) is 18.1. The third kappa shape index (κ3) is 12.8. The quantitative estimate of drug-likeness (QED) is 0.0691. The number of thiazole rings is 2. The number of hydrogen-bond acceptors (Lipinski definition) is 14. The van der Waals surface area contributed by atoms with Gasteiger partial charge in [0.05, 0.1) is 71.8 Å². The van der Waals surface area contributed by atoms with E-state index in [9.17, 15) is 0 Å². The number of carbonyl (C=O) groups is 2. The van der Waals surface area contributed by atoms with Crippen molar-refractivity contribution in [2.45, 2.75) is 50.9 Å².